The van der Waals surface area contributed by atoms with Crippen LogP contribution in [-0.4, -0.2) is 24.1 Å². The minimum atomic E-state index is -0.495. The Labute approximate surface area is 62.0 Å². The van der Waals surface area contributed by atoms with Gasteiger partial charge in [0.2, 0.25) is 0 Å². The molecule has 0 aliphatic carbocycles. The van der Waals surface area contributed by atoms with Crippen molar-refractivity contribution in [3.05, 3.63) is 0 Å². The lowest BCUT2D eigenvalue weighted by Crippen LogP contribution is -2.05. The van der Waals surface area contributed by atoms with E-state index in [0.717, 1.165) is 0 Å². The Bertz CT molecular complexity index is 127. The van der Waals surface area contributed by atoms with E-state index in [2.05, 4.69) is 4.29 Å². The molecule has 0 N–H and O–H groups in total. The lowest BCUT2D eigenvalue weighted by atomic mass is 10.3. The van der Waals surface area contributed by atoms with Crippen LogP contribution in [0.25, 0.3) is 0 Å². The number of halogens is 2. The highest BCUT2D eigenvalue weighted by atomic mass is 35.5. The van der Waals surface area contributed by atoms with E-state index < -0.39 is 11.3 Å². The Kier molecular flexibility index (Phi) is 2.29. The van der Waals surface area contributed by atoms with E-state index in [0.29, 0.717) is 0 Å². The van der Waals surface area contributed by atoms with Crippen molar-refractivity contribution in [3.8, 4) is 0 Å². The fourth-order valence-corrected chi connectivity index (χ4v) is 0.847. The molecule has 0 saturated carbocycles. The van der Waals surface area contributed by atoms with Crippen LogP contribution in [0.2, 0.25) is 0 Å². The molecule has 9 heavy (non-hydrogen) atoms. The van der Waals surface area contributed by atoms with Gasteiger partial charge in [-0.25, -0.2) is 0 Å². The zero-order valence-electron chi connectivity index (χ0n) is 4.34. The molecule has 0 bridgehead atoms. The summed E-state index contributed by atoms with van der Waals surface area (Å²) in [7, 11) is 0. The maximum absolute atomic E-state index is 10.2. The first-order chi connectivity index (χ1) is 4.25. The third-order valence-corrected chi connectivity index (χ3v) is 1.37. The van der Waals surface area contributed by atoms with Crippen molar-refractivity contribution in [2.75, 3.05) is 6.61 Å². The first-order valence-electron chi connectivity index (χ1n) is 2.34. The Hall–Kier alpha value is 0.170. The van der Waals surface area contributed by atoms with Crippen LogP contribution < -0.4 is 0 Å². The summed E-state index contributed by atoms with van der Waals surface area (Å²) in [6, 6.07) is 0. The SMILES string of the molecule is O=C(Cl)[C@H]1O[C@@H]1COCl. The molecular weight excluding hydrogens is 167 g/mol. The average molecular weight is 171 g/mol. The second kappa shape index (κ2) is 2.84. The second-order valence-electron chi connectivity index (χ2n) is 1.68. The third-order valence-electron chi connectivity index (χ3n) is 1.03. The highest BCUT2D eigenvalue weighted by molar-refractivity contribution is 6.65. The maximum Gasteiger partial charge on any atom is 0.253 e. The van der Waals surface area contributed by atoms with Crippen molar-refractivity contribution < 1.29 is 13.8 Å². The van der Waals surface area contributed by atoms with Crippen molar-refractivity contribution in [2.45, 2.75) is 12.2 Å². The van der Waals surface area contributed by atoms with Crippen LogP contribution in [0.1, 0.15) is 0 Å². The minimum Gasteiger partial charge on any atom is -0.357 e. The maximum atomic E-state index is 10.2. The monoisotopic (exact) mass is 170 g/mol. The van der Waals surface area contributed by atoms with Gasteiger partial charge in [-0.05, 0) is 11.6 Å². The third kappa shape index (κ3) is 1.79. The van der Waals surface area contributed by atoms with Gasteiger partial charge in [0.05, 0.1) is 18.5 Å². The summed E-state index contributed by atoms with van der Waals surface area (Å²) in [5.74, 6) is 0. The first kappa shape index (κ1) is 7.28. The number of carbonyl (C=O) groups is 1. The molecule has 52 valence electrons. The number of carbonyl (C=O) groups excluding carboxylic acids is 1. The van der Waals surface area contributed by atoms with Gasteiger partial charge in [-0.15, -0.1) is 0 Å². The Morgan fingerprint density at radius 3 is 2.78 bits per heavy atom. The van der Waals surface area contributed by atoms with Gasteiger partial charge in [0.1, 0.15) is 6.10 Å². The van der Waals surface area contributed by atoms with Crippen LogP contribution in [0.15, 0.2) is 0 Å². The molecule has 0 aromatic carbocycles. The molecule has 0 aromatic heterocycles. The van der Waals surface area contributed by atoms with Gasteiger partial charge in [-0.3, -0.25) is 9.08 Å². The molecule has 0 aromatic rings. The number of hydrogen-bond acceptors (Lipinski definition) is 3. The fraction of sp³-hybridized carbons (Fsp3) is 0.750. The topological polar surface area (TPSA) is 38.8 Å². The normalized spacial score (nSPS) is 32.2. The highest BCUT2D eigenvalue weighted by Crippen LogP contribution is 2.24. The second-order valence-corrected chi connectivity index (χ2v) is 2.27. The van der Waals surface area contributed by atoms with Crippen LogP contribution >= 0.6 is 23.5 Å². The van der Waals surface area contributed by atoms with Crippen molar-refractivity contribution in [3.63, 3.8) is 0 Å². The van der Waals surface area contributed by atoms with Gasteiger partial charge in [0, 0.05) is 0 Å². The van der Waals surface area contributed by atoms with E-state index in [1.54, 1.807) is 0 Å². The zero-order valence-corrected chi connectivity index (χ0v) is 5.85. The molecule has 1 heterocycles. The van der Waals surface area contributed by atoms with E-state index in [4.69, 9.17) is 28.2 Å². The molecular formula is C4H4Cl2O3. The lowest BCUT2D eigenvalue weighted by Gasteiger charge is -1.83. The van der Waals surface area contributed by atoms with E-state index >= 15 is 0 Å². The quantitative estimate of drug-likeness (QED) is 0.463. The summed E-state index contributed by atoms with van der Waals surface area (Å²) in [5.41, 5.74) is 0. The van der Waals surface area contributed by atoms with Gasteiger partial charge in [0.25, 0.3) is 5.24 Å². The molecule has 2 atom stereocenters. The summed E-state index contributed by atoms with van der Waals surface area (Å²) < 4.78 is 8.91. The van der Waals surface area contributed by atoms with Crippen LogP contribution in [0.5, 0.6) is 0 Å². The summed E-state index contributed by atoms with van der Waals surface area (Å²) in [6.45, 7) is 0.213. The van der Waals surface area contributed by atoms with Crippen LogP contribution in [0.3, 0.4) is 0 Å². The molecule has 0 spiro atoms. The van der Waals surface area contributed by atoms with Gasteiger partial charge in [-0.2, -0.15) is 0 Å². The Morgan fingerprint density at radius 1 is 1.78 bits per heavy atom. The van der Waals surface area contributed by atoms with Crippen molar-refractivity contribution in [1.29, 1.82) is 0 Å². The summed E-state index contributed by atoms with van der Waals surface area (Å²) in [5, 5.41) is -0.492. The number of ether oxygens (including phenoxy) is 1. The Balaban J connectivity index is 2.17. The van der Waals surface area contributed by atoms with E-state index in [1.165, 1.54) is 0 Å². The van der Waals surface area contributed by atoms with Gasteiger partial charge < -0.3 is 4.74 Å². The predicted molar refractivity (Wildman–Crippen MR) is 31.3 cm³/mol. The van der Waals surface area contributed by atoms with Crippen molar-refractivity contribution in [1.82, 2.24) is 0 Å². The predicted octanol–water partition coefficient (Wildman–Crippen LogP) is 0.690. The molecule has 5 heteroatoms. The molecule has 0 radical (unpaired) electrons. The smallest absolute Gasteiger partial charge is 0.253 e. The van der Waals surface area contributed by atoms with Crippen LogP contribution in [0.4, 0.5) is 0 Å². The van der Waals surface area contributed by atoms with E-state index in [-0.39, 0.29) is 12.7 Å². The number of epoxide rings is 1. The molecule has 1 saturated heterocycles. The van der Waals surface area contributed by atoms with Crippen LogP contribution in [-0.2, 0) is 13.8 Å². The van der Waals surface area contributed by atoms with Gasteiger partial charge >= 0.3 is 0 Å². The Morgan fingerprint density at radius 2 is 2.44 bits per heavy atom. The highest BCUT2D eigenvalue weighted by Gasteiger charge is 2.44. The van der Waals surface area contributed by atoms with E-state index in [1.807, 2.05) is 0 Å². The molecule has 3 nitrogen and oxygen atoms in total. The van der Waals surface area contributed by atoms with Crippen molar-refractivity contribution >= 4 is 28.7 Å². The largest absolute Gasteiger partial charge is 0.357 e. The first-order valence-corrected chi connectivity index (χ1v) is 3.02. The molecule has 1 aliphatic heterocycles. The van der Waals surface area contributed by atoms with Gasteiger partial charge in [0.15, 0.2) is 6.10 Å². The molecule has 1 aliphatic rings. The zero-order chi connectivity index (χ0) is 6.85. The van der Waals surface area contributed by atoms with Crippen LogP contribution in [0, 0.1) is 0 Å². The molecule has 1 fully saturated rings. The standard InChI is InChI=1S/C4H4Cl2O3/c5-4(7)3-2(9-3)1-8-6/h2-3H,1H2/t2-,3+/m1/s1. The summed E-state index contributed by atoms with van der Waals surface area (Å²) in [6.07, 6.45) is -0.724. The van der Waals surface area contributed by atoms with Crippen molar-refractivity contribution in [2.24, 2.45) is 0 Å². The average Bonchev–Trinajstić information content (AvgIpc) is 2.47. The van der Waals surface area contributed by atoms with E-state index in [9.17, 15) is 4.79 Å². The summed E-state index contributed by atoms with van der Waals surface area (Å²) in [4.78, 5) is 10.2. The number of hydrogen-bond donors (Lipinski definition) is 0. The fourth-order valence-electron chi connectivity index (χ4n) is 0.531. The lowest BCUT2D eigenvalue weighted by molar-refractivity contribution is -0.112. The minimum absolute atomic E-state index is 0.213. The molecule has 0 unspecified atom stereocenters. The summed E-state index contributed by atoms with van der Waals surface area (Å²) >= 11 is 9.92. The van der Waals surface area contributed by atoms with Gasteiger partial charge in [-0.1, -0.05) is 0 Å². The number of rotatable bonds is 3. The molecule has 1 rings (SSSR count). The molecule has 0 amide bonds.